The highest BCUT2D eigenvalue weighted by Crippen LogP contribution is 2.20. The lowest BCUT2D eigenvalue weighted by molar-refractivity contribution is -0.129. The third-order valence-electron chi connectivity index (χ3n) is 3.59. The molecule has 0 aromatic rings. The number of hydrogen-bond donors (Lipinski definition) is 0. The molecule has 94 valence electrons. The Morgan fingerprint density at radius 3 is 2.38 bits per heavy atom. The van der Waals surface area contributed by atoms with Crippen LogP contribution in [0.15, 0.2) is 12.7 Å². The smallest absolute Gasteiger partial charge is 0.152 e. The Balaban J connectivity index is 3.99. The Kier molecular flexibility index (Phi) is 7.31. The van der Waals surface area contributed by atoms with E-state index in [0.717, 1.165) is 32.1 Å². The summed E-state index contributed by atoms with van der Waals surface area (Å²) >= 11 is 0. The van der Waals surface area contributed by atoms with Crippen molar-refractivity contribution >= 4 is 5.78 Å². The largest absolute Gasteiger partial charge is 0.298 e. The van der Waals surface area contributed by atoms with Crippen LogP contribution in [0.4, 0.5) is 0 Å². The quantitative estimate of drug-likeness (QED) is 0.442. The van der Waals surface area contributed by atoms with Gasteiger partial charge in [0.2, 0.25) is 0 Å². The summed E-state index contributed by atoms with van der Waals surface area (Å²) in [6.45, 7) is 7.82. The summed E-state index contributed by atoms with van der Waals surface area (Å²) in [6, 6.07) is 0. The van der Waals surface area contributed by atoms with Crippen molar-refractivity contribution in [3.63, 3.8) is 0 Å². The highest BCUT2D eigenvalue weighted by atomic mass is 16.1. The average molecular weight is 225 g/mol. The van der Waals surface area contributed by atoms with E-state index in [1.54, 1.807) is 0 Å². The minimum atomic E-state index is -0.279. The Morgan fingerprint density at radius 1 is 1.31 bits per heavy atom. The van der Waals surface area contributed by atoms with E-state index < -0.39 is 0 Å². The fourth-order valence-corrected chi connectivity index (χ4v) is 1.78. The van der Waals surface area contributed by atoms with Crippen LogP contribution in [0.25, 0.3) is 0 Å². The van der Waals surface area contributed by atoms with Crippen molar-refractivity contribution < 1.29 is 4.79 Å². The van der Waals surface area contributed by atoms with Crippen molar-refractivity contribution in [3.8, 4) is 0 Å². The van der Waals surface area contributed by atoms with E-state index in [2.05, 4.69) is 13.5 Å². The number of carbonyl (C=O) groups is 1. The highest BCUT2D eigenvalue weighted by molar-refractivity contribution is 5.87. The lowest BCUT2D eigenvalue weighted by Gasteiger charge is -2.34. The number of ketones is 1. The maximum Gasteiger partial charge on any atom is 0.152 e. The van der Waals surface area contributed by atoms with Gasteiger partial charge in [0.05, 0.1) is 5.54 Å². The third-order valence-corrected chi connectivity index (χ3v) is 3.59. The molecule has 2 heteroatoms. The maximum atomic E-state index is 12.1. The third kappa shape index (κ3) is 4.48. The van der Waals surface area contributed by atoms with Crippen LogP contribution >= 0.6 is 0 Å². The summed E-state index contributed by atoms with van der Waals surface area (Å²) in [5.74, 6) is 0.374. The fourth-order valence-electron chi connectivity index (χ4n) is 1.78. The summed E-state index contributed by atoms with van der Waals surface area (Å²) in [5, 5.41) is 0. The van der Waals surface area contributed by atoms with E-state index in [4.69, 9.17) is 0 Å². The first-order valence-corrected chi connectivity index (χ1v) is 6.30. The molecule has 0 aliphatic heterocycles. The van der Waals surface area contributed by atoms with Gasteiger partial charge < -0.3 is 0 Å². The summed E-state index contributed by atoms with van der Waals surface area (Å²) in [7, 11) is 3.97. The standard InChI is InChI=1S/C14H27NO/c1-6-8-9-10-11-12-13(16)14(3,7-2)15(4)5/h6H,1,7-12H2,2-5H3. The molecule has 0 bridgehead atoms. The number of carbonyl (C=O) groups excluding carboxylic acids is 1. The molecule has 0 rings (SSSR count). The first-order chi connectivity index (χ1) is 7.49. The molecule has 0 aromatic heterocycles. The zero-order valence-electron chi connectivity index (χ0n) is 11.4. The zero-order chi connectivity index (χ0) is 12.6. The van der Waals surface area contributed by atoms with Crippen LogP contribution in [-0.4, -0.2) is 30.3 Å². The first-order valence-electron chi connectivity index (χ1n) is 6.30. The van der Waals surface area contributed by atoms with Crippen molar-refractivity contribution in [1.29, 1.82) is 0 Å². The molecule has 0 heterocycles. The van der Waals surface area contributed by atoms with Crippen LogP contribution in [0, 0.1) is 0 Å². The molecule has 0 N–H and O–H groups in total. The van der Waals surface area contributed by atoms with E-state index in [9.17, 15) is 4.79 Å². The Morgan fingerprint density at radius 2 is 1.94 bits per heavy atom. The predicted octanol–water partition coefficient (Wildman–Crippen LogP) is 3.42. The van der Waals surface area contributed by atoms with Gasteiger partial charge in [-0.1, -0.05) is 19.4 Å². The SMILES string of the molecule is C=CCCCCCC(=O)C(C)(CC)N(C)C. The molecule has 1 atom stereocenters. The van der Waals surface area contributed by atoms with Gasteiger partial charge in [-0.05, 0) is 46.7 Å². The Bertz CT molecular complexity index is 223. The van der Waals surface area contributed by atoms with Gasteiger partial charge in [-0.15, -0.1) is 6.58 Å². The number of likely N-dealkylation sites (N-methyl/N-ethyl adjacent to an activating group) is 1. The van der Waals surface area contributed by atoms with Gasteiger partial charge in [0.25, 0.3) is 0 Å². The zero-order valence-corrected chi connectivity index (χ0v) is 11.4. The number of nitrogens with zero attached hydrogens (tertiary/aromatic N) is 1. The van der Waals surface area contributed by atoms with E-state index in [1.165, 1.54) is 0 Å². The van der Waals surface area contributed by atoms with Crippen molar-refractivity contribution in [2.24, 2.45) is 0 Å². The van der Waals surface area contributed by atoms with Crippen LogP contribution in [0.2, 0.25) is 0 Å². The van der Waals surface area contributed by atoms with Crippen LogP contribution in [-0.2, 0) is 4.79 Å². The maximum absolute atomic E-state index is 12.1. The second-order valence-electron chi connectivity index (χ2n) is 4.83. The first kappa shape index (κ1) is 15.4. The van der Waals surface area contributed by atoms with Crippen LogP contribution in [0.5, 0.6) is 0 Å². The van der Waals surface area contributed by atoms with E-state index in [1.807, 2.05) is 32.0 Å². The minimum Gasteiger partial charge on any atom is -0.298 e. The predicted molar refractivity (Wildman–Crippen MR) is 70.7 cm³/mol. The monoisotopic (exact) mass is 225 g/mol. The molecule has 0 saturated carbocycles. The number of unbranched alkanes of at least 4 members (excludes halogenated alkanes) is 3. The van der Waals surface area contributed by atoms with E-state index in [0.29, 0.717) is 12.2 Å². The molecule has 2 nitrogen and oxygen atoms in total. The van der Waals surface area contributed by atoms with Gasteiger partial charge in [0, 0.05) is 6.42 Å². The molecule has 0 spiro atoms. The van der Waals surface area contributed by atoms with Gasteiger partial charge in [0.1, 0.15) is 0 Å². The average Bonchev–Trinajstić information content (AvgIpc) is 2.27. The van der Waals surface area contributed by atoms with Crippen LogP contribution < -0.4 is 0 Å². The van der Waals surface area contributed by atoms with Crippen molar-refractivity contribution in [2.45, 2.75) is 57.9 Å². The summed E-state index contributed by atoms with van der Waals surface area (Å²) in [4.78, 5) is 14.1. The topological polar surface area (TPSA) is 20.3 Å². The fraction of sp³-hybridized carbons (Fsp3) is 0.786. The summed E-state index contributed by atoms with van der Waals surface area (Å²) in [5.41, 5.74) is -0.279. The van der Waals surface area contributed by atoms with E-state index in [-0.39, 0.29) is 5.54 Å². The van der Waals surface area contributed by atoms with Gasteiger partial charge >= 0.3 is 0 Å². The minimum absolute atomic E-state index is 0.279. The number of allylic oxidation sites excluding steroid dienone is 1. The molecular formula is C14H27NO. The summed E-state index contributed by atoms with van der Waals surface area (Å²) < 4.78 is 0. The van der Waals surface area contributed by atoms with Crippen molar-refractivity contribution in [1.82, 2.24) is 4.90 Å². The highest BCUT2D eigenvalue weighted by Gasteiger charge is 2.32. The molecule has 0 amide bonds. The molecule has 1 unspecified atom stereocenters. The van der Waals surface area contributed by atoms with Crippen molar-refractivity contribution in [2.75, 3.05) is 14.1 Å². The van der Waals surface area contributed by atoms with Gasteiger partial charge in [-0.3, -0.25) is 9.69 Å². The van der Waals surface area contributed by atoms with Gasteiger partial charge in [-0.2, -0.15) is 0 Å². The van der Waals surface area contributed by atoms with Gasteiger partial charge in [0.15, 0.2) is 5.78 Å². The number of hydrogen-bond acceptors (Lipinski definition) is 2. The molecule has 0 saturated heterocycles. The second kappa shape index (κ2) is 7.61. The molecule has 0 fully saturated rings. The molecule has 0 aliphatic rings. The van der Waals surface area contributed by atoms with E-state index >= 15 is 0 Å². The molecule has 16 heavy (non-hydrogen) atoms. The van der Waals surface area contributed by atoms with Gasteiger partial charge in [-0.25, -0.2) is 0 Å². The van der Waals surface area contributed by atoms with Crippen LogP contribution in [0.3, 0.4) is 0 Å². The molecule has 0 aliphatic carbocycles. The Hall–Kier alpha value is -0.630. The molecule has 0 aromatic carbocycles. The number of rotatable bonds is 9. The molecular weight excluding hydrogens is 198 g/mol. The van der Waals surface area contributed by atoms with Crippen LogP contribution in [0.1, 0.15) is 52.4 Å². The molecule has 0 radical (unpaired) electrons. The number of Topliss-reactive ketones (excluding diaryl/α,β-unsaturated/α-hetero) is 1. The summed E-state index contributed by atoms with van der Waals surface area (Å²) in [6.07, 6.45) is 7.89. The lowest BCUT2D eigenvalue weighted by Crippen LogP contribution is -2.47. The second-order valence-corrected chi connectivity index (χ2v) is 4.83. The lowest BCUT2D eigenvalue weighted by atomic mass is 9.88. The van der Waals surface area contributed by atoms with Crippen molar-refractivity contribution in [3.05, 3.63) is 12.7 Å². The normalized spacial score (nSPS) is 14.8. The Labute approximate surface area is 101 Å².